The first kappa shape index (κ1) is 14.7. The first-order chi connectivity index (χ1) is 8.00. The van der Waals surface area contributed by atoms with E-state index >= 15 is 0 Å². The van der Waals surface area contributed by atoms with Crippen LogP contribution in [0.3, 0.4) is 0 Å². The lowest BCUT2D eigenvalue weighted by atomic mass is 10.3. The van der Waals surface area contributed by atoms with Gasteiger partial charge in [-0.3, -0.25) is 0 Å². The quantitative estimate of drug-likeness (QED) is 0.878. The lowest BCUT2D eigenvalue weighted by molar-refractivity contribution is 0.0693. The van der Waals surface area contributed by atoms with E-state index in [2.05, 4.69) is 0 Å². The molecule has 0 saturated heterocycles. The van der Waals surface area contributed by atoms with Gasteiger partial charge in [-0.15, -0.1) is 11.3 Å². The van der Waals surface area contributed by atoms with Crippen molar-refractivity contribution in [2.45, 2.75) is 30.4 Å². The molecule has 1 rings (SSSR count). The van der Waals surface area contributed by atoms with Crippen LogP contribution in [0.2, 0.25) is 0 Å². The van der Waals surface area contributed by atoms with Gasteiger partial charge in [-0.25, -0.2) is 18.0 Å². The molecule has 0 amide bonds. The average Bonchev–Trinajstić information content (AvgIpc) is 2.59. The van der Waals surface area contributed by atoms with E-state index in [0.717, 1.165) is 5.38 Å². The van der Waals surface area contributed by atoms with Gasteiger partial charge in [0.1, 0.15) is 9.77 Å². The zero-order valence-electron chi connectivity index (χ0n) is 9.92. The van der Waals surface area contributed by atoms with E-state index < -0.39 is 41.9 Å². The number of carboxylic acid groups (broad SMARTS) is 2. The summed E-state index contributed by atoms with van der Waals surface area (Å²) < 4.78 is 23.2. The van der Waals surface area contributed by atoms with E-state index in [1.54, 1.807) is 0 Å². The number of carboxylic acids is 2. The normalized spacial score (nSPS) is 12.4. The molecule has 18 heavy (non-hydrogen) atoms. The Morgan fingerprint density at radius 3 is 2.00 bits per heavy atom. The molecule has 6 nitrogen and oxygen atoms in total. The van der Waals surface area contributed by atoms with Crippen LogP contribution in [0.5, 0.6) is 0 Å². The molecule has 1 aromatic rings. The van der Waals surface area contributed by atoms with Gasteiger partial charge in [-0.1, -0.05) is 0 Å². The van der Waals surface area contributed by atoms with Gasteiger partial charge in [0.25, 0.3) is 0 Å². The van der Waals surface area contributed by atoms with Crippen molar-refractivity contribution in [1.82, 2.24) is 0 Å². The first-order valence-corrected chi connectivity index (χ1v) is 7.19. The number of sulfone groups is 1. The zero-order valence-corrected chi connectivity index (χ0v) is 11.6. The Morgan fingerprint density at radius 2 is 1.67 bits per heavy atom. The second kappa shape index (κ2) is 4.36. The number of rotatable bonds is 3. The Morgan fingerprint density at radius 1 is 1.17 bits per heavy atom. The van der Waals surface area contributed by atoms with Crippen molar-refractivity contribution in [3.63, 3.8) is 0 Å². The number of carbonyl (C=O) groups is 2. The summed E-state index contributed by atoms with van der Waals surface area (Å²) >= 11 is 0.596. The molecule has 0 aliphatic rings. The highest BCUT2D eigenvalue weighted by molar-refractivity contribution is 7.93. The summed E-state index contributed by atoms with van der Waals surface area (Å²) in [5.74, 6) is -2.91. The molecule has 0 unspecified atom stereocenters. The highest BCUT2D eigenvalue weighted by atomic mass is 32.2. The molecule has 0 radical (unpaired) electrons. The Bertz CT molecular complexity index is 571. The fourth-order valence-electron chi connectivity index (χ4n) is 1.22. The van der Waals surface area contributed by atoms with Crippen LogP contribution in [0.25, 0.3) is 0 Å². The first-order valence-electron chi connectivity index (χ1n) is 4.83. The molecule has 0 atom stereocenters. The minimum Gasteiger partial charge on any atom is -0.478 e. The highest BCUT2D eigenvalue weighted by Crippen LogP contribution is 2.34. The maximum absolute atomic E-state index is 12.2. The summed E-state index contributed by atoms with van der Waals surface area (Å²) in [6, 6.07) is 0. The van der Waals surface area contributed by atoms with Crippen molar-refractivity contribution in [1.29, 1.82) is 0 Å². The van der Waals surface area contributed by atoms with Gasteiger partial charge in [0.05, 0.1) is 10.3 Å². The lowest BCUT2D eigenvalue weighted by Gasteiger charge is -2.19. The summed E-state index contributed by atoms with van der Waals surface area (Å²) in [5.41, 5.74) is -0.493. The molecule has 0 aromatic carbocycles. The molecule has 100 valence electrons. The highest BCUT2D eigenvalue weighted by Gasteiger charge is 2.39. The Labute approximate surface area is 108 Å². The molecule has 0 saturated carbocycles. The van der Waals surface area contributed by atoms with Crippen molar-refractivity contribution in [2.24, 2.45) is 0 Å². The molecular weight excluding hydrogens is 280 g/mol. The van der Waals surface area contributed by atoms with Crippen LogP contribution < -0.4 is 0 Å². The minimum atomic E-state index is -4.04. The van der Waals surface area contributed by atoms with Crippen LogP contribution in [-0.2, 0) is 9.84 Å². The van der Waals surface area contributed by atoms with Gasteiger partial charge in [0.2, 0.25) is 0 Å². The summed E-state index contributed by atoms with van der Waals surface area (Å²) in [6.07, 6.45) is 0. The van der Waals surface area contributed by atoms with Crippen LogP contribution in [-0.4, -0.2) is 35.3 Å². The minimum absolute atomic E-state index is 0.470. The number of hydrogen-bond donors (Lipinski definition) is 2. The van der Waals surface area contributed by atoms with E-state index in [9.17, 15) is 18.0 Å². The SMILES string of the molecule is CC(C)(C)S(=O)(=O)c1c(C(=O)O)csc1C(=O)O. The third-order valence-electron chi connectivity index (χ3n) is 2.25. The standard InChI is InChI=1S/C10H12O6S2/c1-10(2,3)18(15,16)7-5(8(11)12)4-17-6(7)9(13)14/h4H,1-3H3,(H,11,12)(H,13,14). The molecule has 0 aliphatic heterocycles. The summed E-state index contributed by atoms with van der Waals surface area (Å²) in [7, 11) is -4.04. The third kappa shape index (κ3) is 2.25. The molecule has 1 heterocycles. The van der Waals surface area contributed by atoms with Gasteiger partial charge in [-0.2, -0.15) is 0 Å². The van der Waals surface area contributed by atoms with E-state index in [0.29, 0.717) is 11.3 Å². The summed E-state index contributed by atoms with van der Waals surface area (Å²) in [4.78, 5) is 20.9. The van der Waals surface area contributed by atoms with Gasteiger partial charge in [0, 0.05) is 5.38 Å². The second-order valence-electron chi connectivity index (χ2n) is 4.53. The molecule has 0 spiro atoms. The monoisotopic (exact) mass is 292 g/mol. The predicted octanol–water partition coefficient (Wildman–Crippen LogP) is 1.72. The van der Waals surface area contributed by atoms with Crippen molar-refractivity contribution in [2.75, 3.05) is 0 Å². The summed E-state index contributed by atoms with van der Waals surface area (Å²) in [6.45, 7) is 4.16. The molecule has 0 bridgehead atoms. The van der Waals surface area contributed by atoms with Gasteiger partial charge < -0.3 is 10.2 Å². The average molecular weight is 292 g/mol. The van der Waals surface area contributed by atoms with Crippen molar-refractivity contribution < 1.29 is 28.2 Å². The number of hydrogen-bond acceptors (Lipinski definition) is 5. The lowest BCUT2D eigenvalue weighted by Crippen LogP contribution is -2.30. The molecule has 8 heteroatoms. The van der Waals surface area contributed by atoms with Crippen LogP contribution >= 0.6 is 11.3 Å². The van der Waals surface area contributed by atoms with E-state index in [1.807, 2.05) is 0 Å². The molecule has 2 N–H and O–H groups in total. The predicted molar refractivity (Wildman–Crippen MR) is 65.2 cm³/mol. The third-order valence-corrected chi connectivity index (χ3v) is 5.92. The van der Waals surface area contributed by atoms with Crippen molar-refractivity contribution in [3.8, 4) is 0 Å². The number of aromatic carboxylic acids is 2. The van der Waals surface area contributed by atoms with Crippen molar-refractivity contribution >= 4 is 33.1 Å². The zero-order chi connectivity index (χ0) is 14.3. The number of thiophene rings is 1. The Balaban J connectivity index is 3.72. The maximum Gasteiger partial charge on any atom is 0.347 e. The van der Waals surface area contributed by atoms with E-state index in [-0.39, 0.29) is 0 Å². The largest absolute Gasteiger partial charge is 0.478 e. The van der Waals surface area contributed by atoms with Crippen LogP contribution in [0.1, 0.15) is 40.8 Å². The smallest absolute Gasteiger partial charge is 0.347 e. The Kier molecular flexibility index (Phi) is 3.55. The fraction of sp³-hybridized carbons (Fsp3) is 0.400. The Hall–Kier alpha value is -1.41. The molecular formula is C10H12O6S2. The molecule has 0 fully saturated rings. The fourth-order valence-corrected chi connectivity index (χ4v) is 3.91. The van der Waals surface area contributed by atoms with Crippen LogP contribution in [0.4, 0.5) is 0 Å². The van der Waals surface area contributed by atoms with Crippen LogP contribution in [0, 0.1) is 0 Å². The molecule has 0 aliphatic carbocycles. The van der Waals surface area contributed by atoms with E-state index in [4.69, 9.17) is 10.2 Å². The van der Waals surface area contributed by atoms with Gasteiger partial charge in [-0.05, 0) is 20.8 Å². The van der Waals surface area contributed by atoms with Gasteiger partial charge >= 0.3 is 11.9 Å². The molecule has 1 aromatic heterocycles. The van der Waals surface area contributed by atoms with Gasteiger partial charge in [0.15, 0.2) is 9.84 Å². The summed E-state index contributed by atoms with van der Waals surface area (Å²) in [5, 5.41) is 18.9. The topological polar surface area (TPSA) is 109 Å². The second-order valence-corrected chi connectivity index (χ2v) is 8.05. The van der Waals surface area contributed by atoms with Crippen molar-refractivity contribution in [3.05, 3.63) is 15.8 Å². The maximum atomic E-state index is 12.2. The van der Waals surface area contributed by atoms with E-state index in [1.165, 1.54) is 20.8 Å². The van der Waals surface area contributed by atoms with Crippen LogP contribution in [0.15, 0.2) is 10.3 Å².